The summed E-state index contributed by atoms with van der Waals surface area (Å²) in [6.07, 6.45) is 0. The zero-order chi connectivity index (χ0) is 15.1. The third-order valence-corrected chi connectivity index (χ3v) is 5.29. The van der Waals surface area contributed by atoms with Crippen molar-refractivity contribution in [1.82, 2.24) is 9.36 Å². The van der Waals surface area contributed by atoms with Gasteiger partial charge in [0.25, 0.3) is 0 Å². The molecule has 0 spiro atoms. The van der Waals surface area contributed by atoms with Crippen molar-refractivity contribution in [2.24, 2.45) is 4.99 Å². The maximum absolute atomic E-state index is 5.93. The molecule has 2 heterocycles. The van der Waals surface area contributed by atoms with Crippen molar-refractivity contribution < 1.29 is 0 Å². The van der Waals surface area contributed by atoms with Crippen LogP contribution in [0.2, 0.25) is 5.02 Å². The van der Waals surface area contributed by atoms with Crippen molar-refractivity contribution in [2.75, 3.05) is 0 Å². The minimum Gasteiger partial charge on any atom is -0.259 e. The fraction of sp³-hybridized carbons (Fsp3) is 0.125. The van der Waals surface area contributed by atoms with E-state index in [-0.39, 0.29) is 0 Å². The van der Waals surface area contributed by atoms with Crippen LogP contribution in [-0.2, 0) is 13.1 Å². The molecule has 0 atom stereocenters. The van der Waals surface area contributed by atoms with Crippen LogP contribution in [0.5, 0.6) is 0 Å². The fourth-order valence-electron chi connectivity index (χ4n) is 2.58. The lowest BCUT2D eigenvalue weighted by Crippen LogP contribution is -2.29. The third-order valence-electron chi connectivity index (χ3n) is 3.71. The zero-order valence-corrected chi connectivity index (χ0v) is 14.0. The van der Waals surface area contributed by atoms with Gasteiger partial charge in [0, 0.05) is 5.02 Å². The molecular weight excluding hydrogens is 334 g/mol. The standard InChI is InChI=1S/C16H12ClN3S2/c17-13-5-7-14(8-6-13)18-15-19-9-11-3-1-2-4-12(11)10-20(19)16(21)22-15/h1-8H,9-10H2. The lowest BCUT2D eigenvalue weighted by atomic mass is 10.1. The summed E-state index contributed by atoms with van der Waals surface area (Å²) in [7, 11) is 0. The van der Waals surface area contributed by atoms with Crippen LogP contribution in [0.4, 0.5) is 5.69 Å². The van der Waals surface area contributed by atoms with Crippen LogP contribution in [0.3, 0.4) is 0 Å². The highest BCUT2D eigenvalue weighted by atomic mass is 35.5. The van der Waals surface area contributed by atoms with Gasteiger partial charge in [-0.3, -0.25) is 9.36 Å². The average Bonchev–Trinajstić information content (AvgIpc) is 2.83. The van der Waals surface area contributed by atoms with E-state index in [2.05, 4.69) is 33.6 Å². The van der Waals surface area contributed by atoms with Gasteiger partial charge >= 0.3 is 0 Å². The largest absolute Gasteiger partial charge is 0.259 e. The molecule has 0 unspecified atom stereocenters. The number of nitrogens with zero attached hydrogens (tertiary/aromatic N) is 3. The predicted molar refractivity (Wildman–Crippen MR) is 92.5 cm³/mol. The monoisotopic (exact) mass is 345 g/mol. The molecule has 0 saturated carbocycles. The number of benzene rings is 2. The van der Waals surface area contributed by atoms with Gasteiger partial charge in [-0.05, 0) is 47.6 Å². The van der Waals surface area contributed by atoms with E-state index in [0.29, 0.717) is 5.02 Å². The topological polar surface area (TPSA) is 22.2 Å². The molecule has 1 aliphatic heterocycles. The molecule has 3 aromatic rings. The van der Waals surface area contributed by atoms with E-state index < -0.39 is 0 Å². The van der Waals surface area contributed by atoms with Gasteiger partial charge in [0.2, 0.25) is 4.80 Å². The van der Waals surface area contributed by atoms with Crippen molar-refractivity contribution in [2.45, 2.75) is 13.1 Å². The number of fused-ring (bicyclic) bond motifs is 2. The van der Waals surface area contributed by atoms with Crippen LogP contribution in [0.25, 0.3) is 0 Å². The number of halogens is 1. The van der Waals surface area contributed by atoms with Gasteiger partial charge in [0.1, 0.15) is 0 Å². The highest BCUT2D eigenvalue weighted by Gasteiger charge is 2.16. The maximum Gasteiger partial charge on any atom is 0.208 e. The first-order chi connectivity index (χ1) is 10.7. The molecule has 22 heavy (non-hydrogen) atoms. The van der Waals surface area contributed by atoms with Gasteiger partial charge < -0.3 is 0 Å². The van der Waals surface area contributed by atoms with Crippen molar-refractivity contribution in [3.8, 4) is 0 Å². The van der Waals surface area contributed by atoms with Gasteiger partial charge in [-0.15, -0.1) is 0 Å². The maximum atomic E-state index is 5.93. The summed E-state index contributed by atoms with van der Waals surface area (Å²) in [5, 5.41) is 0.715. The minimum atomic E-state index is 0.715. The summed E-state index contributed by atoms with van der Waals surface area (Å²) >= 11 is 13.0. The molecular formula is C16H12ClN3S2. The van der Waals surface area contributed by atoms with Crippen LogP contribution in [0.1, 0.15) is 11.1 Å². The van der Waals surface area contributed by atoms with Gasteiger partial charge in [0.15, 0.2) is 3.95 Å². The lowest BCUT2D eigenvalue weighted by Gasteiger charge is -2.20. The first-order valence-electron chi connectivity index (χ1n) is 6.88. The van der Waals surface area contributed by atoms with E-state index in [4.69, 9.17) is 28.8 Å². The number of hydrogen-bond donors (Lipinski definition) is 0. The van der Waals surface area contributed by atoms with Crippen LogP contribution in [0, 0.1) is 3.95 Å². The molecule has 0 bridgehead atoms. The Hall–Kier alpha value is -1.69. The molecule has 110 valence electrons. The van der Waals surface area contributed by atoms with Crippen molar-refractivity contribution in [3.05, 3.63) is 73.4 Å². The summed E-state index contributed by atoms with van der Waals surface area (Å²) in [5.41, 5.74) is 3.54. The smallest absolute Gasteiger partial charge is 0.208 e. The van der Waals surface area contributed by atoms with Crippen LogP contribution in [-0.4, -0.2) is 9.36 Å². The Kier molecular flexibility index (Phi) is 3.48. The molecule has 0 radical (unpaired) electrons. The van der Waals surface area contributed by atoms with E-state index in [1.54, 1.807) is 11.3 Å². The van der Waals surface area contributed by atoms with Crippen molar-refractivity contribution in [3.63, 3.8) is 0 Å². The highest BCUT2D eigenvalue weighted by Crippen LogP contribution is 2.20. The van der Waals surface area contributed by atoms with Gasteiger partial charge in [-0.25, -0.2) is 4.99 Å². The Bertz CT molecular complexity index is 964. The Morgan fingerprint density at radius 1 is 0.955 bits per heavy atom. The predicted octanol–water partition coefficient (Wildman–Crippen LogP) is 4.38. The Labute approximate surface area is 141 Å². The van der Waals surface area contributed by atoms with Gasteiger partial charge in [-0.2, -0.15) is 0 Å². The summed E-state index contributed by atoms with van der Waals surface area (Å²) in [6, 6.07) is 16.0. The summed E-state index contributed by atoms with van der Waals surface area (Å²) in [4.78, 5) is 5.64. The molecule has 1 aromatic heterocycles. The quantitative estimate of drug-likeness (QED) is 0.469. The normalized spacial score (nSPS) is 13.8. The van der Waals surface area contributed by atoms with Crippen molar-refractivity contribution in [1.29, 1.82) is 0 Å². The van der Waals surface area contributed by atoms with E-state index >= 15 is 0 Å². The summed E-state index contributed by atoms with van der Waals surface area (Å²) < 4.78 is 5.13. The van der Waals surface area contributed by atoms with Crippen LogP contribution < -0.4 is 4.80 Å². The van der Waals surface area contributed by atoms with E-state index in [1.807, 2.05) is 24.3 Å². The minimum absolute atomic E-state index is 0.715. The number of aromatic nitrogens is 2. The van der Waals surface area contributed by atoms with E-state index in [9.17, 15) is 0 Å². The molecule has 0 aliphatic carbocycles. The highest BCUT2D eigenvalue weighted by molar-refractivity contribution is 7.73. The van der Waals surface area contributed by atoms with E-state index in [1.165, 1.54) is 11.1 Å². The van der Waals surface area contributed by atoms with Crippen molar-refractivity contribution >= 4 is 40.8 Å². The SMILES string of the molecule is S=c1sc(=Nc2ccc(Cl)cc2)n2n1Cc1ccccc1C2. The Balaban J connectivity index is 1.85. The zero-order valence-electron chi connectivity index (χ0n) is 11.6. The lowest BCUT2D eigenvalue weighted by molar-refractivity contribution is 0.464. The summed E-state index contributed by atoms with van der Waals surface area (Å²) in [6.45, 7) is 1.61. The van der Waals surface area contributed by atoms with Gasteiger partial charge in [0.05, 0.1) is 18.8 Å². The first kappa shape index (κ1) is 13.9. The van der Waals surface area contributed by atoms with Gasteiger partial charge in [-0.1, -0.05) is 47.2 Å². The molecule has 1 aliphatic rings. The molecule has 0 fully saturated rings. The molecule has 0 N–H and O–H groups in total. The molecule has 0 amide bonds. The second-order valence-electron chi connectivity index (χ2n) is 5.12. The first-order valence-corrected chi connectivity index (χ1v) is 8.49. The average molecular weight is 346 g/mol. The fourth-order valence-corrected chi connectivity index (χ4v) is 3.94. The third kappa shape index (κ3) is 2.45. The number of rotatable bonds is 1. The number of hydrogen-bond acceptors (Lipinski definition) is 3. The Morgan fingerprint density at radius 3 is 2.27 bits per heavy atom. The Morgan fingerprint density at radius 2 is 1.59 bits per heavy atom. The van der Waals surface area contributed by atoms with Crippen LogP contribution >= 0.6 is 35.2 Å². The molecule has 6 heteroatoms. The molecule has 2 aromatic carbocycles. The van der Waals surface area contributed by atoms with E-state index in [0.717, 1.165) is 27.5 Å². The second-order valence-corrected chi connectivity index (χ2v) is 7.16. The second kappa shape index (κ2) is 5.50. The molecule has 4 rings (SSSR count). The summed E-state index contributed by atoms with van der Waals surface area (Å²) in [5.74, 6) is 0. The molecule has 0 saturated heterocycles. The van der Waals surface area contributed by atoms with Crippen LogP contribution in [0.15, 0.2) is 53.5 Å². The molecule has 3 nitrogen and oxygen atoms in total.